The van der Waals surface area contributed by atoms with Gasteiger partial charge in [-0.05, 0) is 35.9 Å². The molecule has 0 amide bonds. The van der Waals surface area contributed by atoms with Crippen LogP contribution in [0.1, 0.15) is 0 Å². The molecule has 0 aliphatic rings. The first-order valence-corrected chi connectivity index (χ1v) is 6.40. The Hall–Kier alpha value is -2.40. The summed E-state index contributed by atoms with van der Waals surface area (Å²) in [5, 5.41) is 3.98. The molecule has 3 aromatic rings. The highest BCUT2D eigenvalue weighted by molar-refractivity contribution is 6.30. The van der Waals surface area contributed by atoms with Gasteiger partial charge in [-0.15, -0.1) is 0 Å². The fraction of sp³-hybridized carbons (Fsp3) is 0. The van der Waals surface area contributed by atoms with Crippen LogP contribution in [0.25, 0.3) is 22.5 Å². The molecule has 1 aromatic heterocycles. The molecule has 0 atom stereocenters. The lowest BCUT2D eigenvalue weighted by molar-refractivity contribution is 0.433. The smallest absolute Gasteiger partial charge is 0.179 e. The average molecular weight is 307 g/mol. The molecule has 0 aliphatic heterocycles. The number of hydrogen-bond acceptors (Lipinski definition) is 3. The first-order chi connectivity index (χ1) is 10.1. The molecule has 0 aliphatic carbocycles. The molecule has 6 heteroatoms. The number of nitrogen functional groups attached to an aromatic ring is 1. The summed E-state index contributed by atoms with van der Waals surface area (Å²) in [6.45, 7) is 0. The molecular weight excluding hydrogens is 298 g/mol. The van der Waals surface area contributed by atoms with Crippen molar-refractivity contribution in [3.63, 3.8) is 0 Å². The molecule has 2 aromatic carbocycles. The minimum atomic E-state index is -0.534. The van der Waals surface area contributed by atoms with E-state index in [2.05, 4.69) is 5.16 Å². The van der Waals surface area contributed by atoms with Gasteiger partial charge in [0.1, 0.15) is 11.6 Å². The van der Waals surface area contributed by atoms with Crippen LogP contribution in [0, 0.1) is 11.6 Å². The van der Waals surface area contributed by atoms with Crippen molar-refractivity contribution < 1.29 is 13.3 Å². The third-order valence-corrected chi connectivity index (χ3v) is 3.24. The van der Waals surface area contributed by atoms with Gasteiger partial charge in [0.2, 0.25) is 0 Å². The molecule has 1 heterocycles. The van der Waals surface area contributed by atoms with Crippen molar-refractivity contribution in [1.82, 2.24) is 5.16 Å². The van der Waals surface area contributed by atoms with E-state index in [0.29, 0.717) is 16.1 Å². The Labute approximate surface area is 123 Å². The van der Waals surface area contributed by atoms with Crippen LogP contribution in [0.15, 0.2) is 47.0 Å². The number of aromatic nitrogens is 1. The number of nitrogens with zero attached hydrogens (tertiary/aromatic N) is 1. The summed E-state index contributed by atoms with van der Waals surface area (Å²) in [4.78, 5) is 0. The maximum atomic E-state index is 14.0. The fourth-order valence-corrected chi connectivity index (χ4v) is 2.25. The van der Waals surface area contributed by atoms with E-state index in [9.17, 15) is 8.78 Å². The zero-order chi connectivity index (χ0) is 15.0. The molecule has 0 unspecified atom stereocenters. The second-order valence-corrected chi connectivity index (χ2v) is 4.84. The zero-order valence-electron chi connectivity index (χ0n) is 10.6. The van der Waals surface area contributed by atoms with Crippen LogP contribution in [0.3, 0.4) is 0 Å². The highest BCUT2D eigenvalue weighted by atomic mass is 35.5. The van der Waals surface area contributed by atoms with E-state index in [1.807, 2.05) is 0 Å². The molecule has 0 bridgehead atoms. The van der Waals surface area contributed by atoms with Gasteiger partial charge in [0, 0.05) is 5.02 Å². The van der Waals surface area contributed by atoms with Gasteiger partial charge in [-0.1, -0.05) is 28.9 Å². The molecule has 3 rings (SSSR count). The average Bonchev–Trinajstić information content (AvgIpc) is 2.83. The number of nitrogens with two attached hydrogens (primary N) is 1. The van der Waals surface area contributed by atoms with Crippen molar-refractivity contribution in [3.05, 3.63) is 59.1 Å². The molecule has 106 valence electrons. The maximum absolute atomic E-state index is 14.0. The van der Waals surface area contributed by atoms with Gasteiger partial charge in [0.05, 0.1) is 11.1 Å². The van der Waals surface area contributed by atoms with Gasteiger partial charge < -0.3 is 10.3 Å². The van der Waals surface area contributed by atoms with E-state index in [-0.39, 0.29) is 17.1 Å². The Balaban J connectivity index is 2.24. The predicted molar refractivity (Wildman–Crippen MR) is 76.7 cm³/mol. The van der Waals surface area contributed by atoms with E-state index in [1.165, 1.54) is 36.4 Å². The van der Waals surface area contributed by atoms with Crippen LogP contribution >= 0.6 is 11.6 Å². The molecule has 0 saturated carbocycles. The largest absolute Gasteiger partial charge is 0.380 e. The van der Waals surface area contributed by atoms with Crippen LogP contribution in [0.2, 0.25) is 5.02 Å². The van der Waals surface area contributed by atoms with Gasteiger partial charge in [0.25, 0.3) is 0 Å². The van der Waals surface area contributed by atoms with Crippen molar-refractivity contribution in [1.29, 1.82) is 0 Å². The number of hydrogen-bond donors (Lipinski definition) is 1. The molecule has 21 heavy (non-hydrogen) atoms. The van der Waals surface area contributed by atoms with Gasteiger partial charge in [0.15, 0.2) is 11.6 Å². The number of rotatable bonds is 2. The van der Waals surface area contributed by atoms with Gasteiger partial charge in [-0.25, -0.2) is 8.78 Å². The second-order valence-electron chi connectivity index (χ2n) is 4.41. The quantitative estimate of drug-likeness (QED) is 0.757. The van der Waals surface area contributed by atoms with Crippen LogP contribution in [-0.4, -0.2) is 5.16 Å². The lowest BCUT2D eigenvalue weighted by Gasteiger charge is -2.04. The molecule has 0 spiro atoms. The van der Waals surface area contributed by atoms with Gasteiger partial charge in [-0.2, -0.15) is 0 Å². The van der Waals surface area contributed by atoms with Crippen molar-refractivity contribution >= 4 is 17.4 Å². The van der Waals surface area contributed by atoms with Crippen LogP contribution in [-0.2, 0) is 0 Å². The van der Waals surface area contributed by atoms with Crippen molar-refractivity contribution in [2.45, 2.75) is 0 Å². The Bertz CT molecular complexity index is 817. The van der Waals surface area contributed by atoms with Gasteiger partial charge >= 0.3 is 0 Å². The minimum Gasteiger partial charge on any atom is -0.380 e. The van der Waals surface area contributed by atoms with Gasteiger partial charge in [-0.3, -0.25) is 0 Å². The topological polar surface area (TPSA) is 52.0 Å². The first-order valence-electron chi connectivity index (χ1n) is 6.03. The van der Waals surface area contributed by atoms with E-state index in [1.54, 1.807) is 6.07 Å². The van der Waals surface area contributed by atoms with Crippen molar-refractivity contribution in [2.24, 2.45) is 0 Å². The lowest BCUT2D eigenvalue weighted by atomic mass is 10.0. The van der Waals surface area contributed by atoms with E-state index in [0.717, 1.165) is 0 Å². The Morgan fingerprint density at radius 3 is 2.67 bits per heavy atom. The molecule has 0 fully saturated rings. The highest BCUT2D eigenvalue weighted by Gasteiger charge is 2.21. The predicted octanol–water partition coefficient (Wildman–Crippen LogP) is 4.52. The molecule has 3 nitrogen and oxygen atoms in total. The summed E-state index contributed by atoms with van der Waals surface area (Å²) in [7, 11) is 0. The molecule has 0 radical (unpaired) electrons. The number of anilines is 1. The summed E-state index contributed by atoms with van der Waals surface area (Å²) in [6.07, 6.45) is 0. The van der Waals surface area contributed by atoms with Crippen LogP contribution in [0.5, 0.6) is 0 Å². The summed E-state index contributed by atoms with van der Waals surface area (Å²) in [5.41, 5.74) is 6.66. The number of halogens is 3. The Morgan fingerprint density at radius 2 is 1.90 bits per heavy atom. The lowest BCUT2D eigenvalue weighted by Crippen LogP contribution is -1.90. The van der Waals surface area contributed by atoms with Crippen molar-refractivity contribution in [2.75, 3.05) is 5.73 Å². The molecular formula is C15H9ClF2N2O. The third kappa shape index (κ3) is 2.48. The summed E-state index contributed by atoms with van der Waals surface area (Å²) in [6, 6.07) is 9.77. The van der Waals surface area contributed by atoms with E-state index >= 15 is 0 Å². The minimum absolute atomic E-state index is 0.0509. The summed E-state index contributed by atoms with van der Waals surface area (Å²) in [5.74, 6) is -0.813. The maximum Gasteiger partial charge on any atom is 0.179 e. The Kier molecular flexibility index (Phi) is 3.35. The summed E-state index contributed by atoms with van der Waals surface area (Å²) >= 11 is 5.88. The van der Waals surface area contributed by atoms with E-state index in [4.69, 9.17) is 21.9 Å². The normalized spacial score (nSPS) is 10.8. The van der Waals surface area contributed by atoms with Crippen molar-refractivity contribution in [3.8, 4) is 22.5 Å². The molecule has 0 saturated heterocycles. The SMILES string of the molecule is Nc1noc(-c2cc(Cl)ccc2F)c1-c1cccc(F)c1. The summed E-state index contributed by atoms with van der Waals surface area (Å²) < 4.78 is 32.5. The Morgan fingerprint density at radius 1 is 1.10 bits per heavy atom. The fourth-order valence-electron chi connectivity index (χ4n) is 2.08. The first kappa shape index (κ1) is 13.6. The molecule has 2 N–H and O–H groups in total. The van der Waals surface area contributed by atoms with E-state index < -0.39 is 11.6 Å². The van der Waals surface area contributed by atoms with Crippen LogP contribution in [0.4, 0.5) is 14.6 Å². The monoisotopic (exact) mass is 306 g/mol. The highest BCUT2D eigenvalue weighted by Crippen LogP contribution is 2.38. The number of benzene rings is 2. The standard InChI is InChI=1S/C15H9ClF2N2O/c16-9-4-5-12(18)11(7-9)14-13(15(19)20-21-14)8-2-1-3-10(17)6-8/h1-7H,(H2,19,20). The third-order valence-electron chi connectivity index (χ3n) is 3.00. The second kappa shape index (κ2) is 5.18. The zero-order valence-corrected chi connectivity index (χ0v) is 11.4. The van der Waals surface area contributed by atoms with Crippen LogP contribution < -0.4 is 5.73 Å².